The first-order valence-corrected chi connectivity index (χ1v) is 6.54. The van der Waals surface area contributed by atoms with Gasteiger partial charge in [-0.05, 0) is 12.3 Å². The van der Waals surface area contributed by atoms with Crippen molar-refractivity contribution in [2.45, 2.75) is 44.6 Å². The van der Waals surface area contributed by atoms with Crippen LogP contribution in [-0.2, 0) is 15.9 Å². The second kappa shape index (κ2) is 4.60. The van der Waals surface area contributed by atoms with Crippen molar-refractivity contribution in [1.82, 2.24) is 15.0 Å². The van der Waals surface area contributed by atoms with Crippen molar-refractivity contribution in [3.63, 3.8) is 0 Å². The summed E-state index contributed by atoms with van der Waals surface area (Å²) in [5.41, 5.74) is 6.96. The van der Waals surface area contributed by atoms with Gasteiger partial charge in [-0.25, -0.2) is 4.68 Å². The zero-order valence-corrected chi connectivity index (χ0v) is 10.8. The molecule has 1 aromatic rings. The van der Waals surface area contributed by atoms with Crippen LogP contribution in [0.1, 0.15) is 25.6 Å². The number of ether oxygens (including phenoxy) is 2. The number of hydrogen-bond donors (Lipinski definition) is 1. The Balaban J connectivity index is 1.73. The van der Waals surface area contributed by atoms with E-state index in [0.29, 0.717) is 19.1 Å². The molecule has 0 spiro atoms. The van der Waals surface area contributed by atoms with Gasteiger partial charge in [0.25, 0.3) is 0 Å². The van der Waals surface area contributed by atoms with Gasteiger partial charge in [-0.15, -0.1) is 5.10 Å². The predicted octanol–water partition coefficient (Wildman–Crippen LogP) is 0.143. The molecule has 0 saturated carbocycles. The van der Waals surface area contributed by atoms with Crippen LogP contribution in [-0.4, -0.2) is 46.5 Å². The Hall–Kier alpha value is -0.980. The largest absolute Gasteiger partial charge is 0.371 e. The van der Waals surface area contributed by atoms with Gasteiger partial charge in [0.1, 0.15) is 18.2 Å². The number of nitrogens with two attached hydrogens (primary N) is 1. The van der Waals surface area contributed by atoms with E-state index in [2.05, 4.69) is 24.2 Å². The molecule has 0 unspecified atom stereocenters. The van der Waals surface area contributed by atoms with Crippen molar-refractivity contribution in [3.05, 3.63) is 11.9 Å². The average molecular weight is 252 g/mol. The Bertz CT molecular complexity index is 420. The van der Waals surface area contributed by atoms with E-state index >= 15 is 0 Å². The first kappa shape index (κ1) is 12.1. The van der Waals surface area contributed by atoms with Crippen LogP contribution < -0.4 is 5.73 Å². The van der Waals surface area contributed by atoms with Crippen molar-refractivity contribution in [2.75, 3.05) is 13.2 Å². The third-order valence-electron chi connectivity index (χ3n) is 3.58. The Morgan fingerprint density at radius 1 is 1.39 bits per heavy atom. The highest BCUT2D eigenvalue weighted by Crippen LogP contribution is 2.33. The summed E-state index contributed by atoms with van der Waals surface area (Å²) in [6.45, 7) is 5.52. The number of fused-ring (bicyclic) bond motifs is 1. The molecule has 2 fully saturated rings. The molecule has 2 aliphatic rings. The van der Waals surface area contributed by atoms with E-state index in [1.165, 1.54) is 0 Å². The van der Waals surface area contributed by atoms with Crippen LogP contribution >= 0.6 is 0 Å². The van der Waals surface area contributed by atoms with Crippen LogP contribution in [0.5, 0.6) is 0 Å². The molecule has 18 heavy (non-hydrogen) atoms. The summed E-state index contributed by atoms with van der Waals surface area (Å²) in [6, 6.07) is 0.0932. The van der Waals surface area contributed by atoms with Crippen LogP contribution in [0.3, 0.4) is 0 Å². The summed E-state index contributed by atoms with van der Waals surface area (Å²) in [4.78, 5) is 0. The second-order valence-electron chi connectivity index (χ2n) is 5.61. The molecular weight excluding hydrogens is 232 g/mol. The summed E-state index contributed by atoms with van der Waals surface area (Å²) >= 11 is 0. The molecule has 3 heterocycles. The maximum absolute atomic E-state index is 5.94. The molecule has 100 valence electrons. The second-order valence-corrected chi connectivity index (χ2v) is 5.61. The lowest BCUT2D eigenvalue weighted by Crippen LogP contribution is -2.36. The fraction of sp³-hybridized carbons (Fsp3) is 0.833. The molecule has 2 N–H and O–H groups in total. The van der Waals surface area contributed by atoms with E-state index in [1.807, 2.05) is 10.9 Å². The number of aromatic nitrogens is 3. The smallest absolute Gasteiger partial charge is 0.110 e. The first-order chi connectivity index (χ1) is 8.65. The van der Waals surface area contributed by atoms with E-state index in [1.54, 1.807) is 0 Å². The lowest BCUT2D eigenvalue weighted by Gasteiger charge is -2.15. The molecule has 6 nitrogen and oxygen atoms in total. The number of rotatable bonds is 3. The minimum Gasteiger partial charge on any atom is -0.371 e. The maximum atomic E-state index is 5.94. The lowest BCUT2D eigenvalue weighted by molar-refractivity contribution is 0.0627. The number of hydrogen-bond acceptors (Lipinski definition) is 5. The Labute approximate surface area is 106 Å². The molecule has 6 heteroatoms. The topological polar surface area (TPSA) is 75.2 Å². The molecule has 0 aromatic carbocycles. The first-order valence-electron chi connectivity index (χ1n) is 6.54. The highest BCUT2D eigenvalue weighted by atomic mass is 16.6. The molecule has 3 rings (SSSR count). The fourth-order valence-corrected chi connectivity index (χ4v) is 2.72. The van der Waals surface area contributed by atoms with E-state index in [4.69, 9.17) is 15.2 Å². The Morgan fingerprint density at radius 3 is 2.94 bits per heavy atom. The fourth-order valence-electron chi connectivity index (χ4n) is 2.72. The molecule has 2 saturated heterocycles. The van der Waals surface area contributed by atoms with Crippen molar-refractivity contribution in [1.29, 1.82) is 0 Å². The quantitative estimate of drug-likeness (QED) is 0.828. The molecule has 0 amide bonds. The third kappa shape index (κ3) is 2.04. The summed E-state index contributed by atoms with van der Waals surface area (Å²) in [6.07, 6.45) is 2.98. The van der Waals surface area contributed by atoms with Crippen molar-refractivity contribution in [3.8, 4) is 0 Å². The summed E-state index contributed by atoms with van der Waals surface area (Å²) in [7, 11) is 0. The molecule has 4 atom stereocenters. The van der Waals surface area contributed by atoms with Gasteiger partial charge in [-0.2, -0.15) is 0 Å². The molecule has 0 bridgehead atoms. The van der Waals surface area contributed by atoms with Crippen LogP contribution in [0, 0.1) is 5.92 Å². The predicted molar refractivity (Wildman–Crippen MR) is 65.1 cm³/mol. The monoisotopic (exact) mass is 252 g/mol. The summed E-state index contributed by atoms with van der Waals surface area (Å²) in [5.74, 6) is 0.582. The van der Waals surface area contributed by atoms with Crippen LogP contribution in [0.25, 0.3) is 0 Å². The van der Waals surface area contributed by atoms with Gasteiger partial charge < -0.3 is 15.2 Å². The van der Waals surface area contributed by atoms with Gasteiger partial charge in [-0.3, -0.25) is 0 Å². The van der Waals surface area contributed by atoms with Gasteiger partial charge >= 0.3 is 0 Å². The van der Waals surface area contributed by atoms with Gasteiger partial charge in [0, 0.05) is 6.20 Å². The molecule has 2 aliphatic heterocycles. The molecule has 0 radical (unpaired) electrons. The minimum atomic E-state index is -0.0151. The lowest BCUT2D eigenvalue weighted by atomic mass is 10.1. The highest BCUT2D eigenvalue weighted by molar-refractivity contribution is 5.01. The van der Waals surface area contributed by atoms with Gasteiger partial charge in [0.2, 0.25) is 0 Å². The van der Waals surface area contributed by atoms with Gasteiger partial charge in [0.05, 0.1) is 24.9 Å². The van der Waals surface area contributed by atoms with Crippen LogP contribution in [0.2, 0.25) is 0 Å². The normalized spacial score (nSPS) is 35.3. The van der Waals surface area contributed by atoms with Gasteiger partial charge in [0.15, 0.2) is 0 Å². The summed E-state index contributed by atoms with van der Waals surface area (Å²) in [5, 5.41) is 8.41. The summed E-state index contributed by atoms with van der Waals surface area (Å²) < 4.78 is 13.3. The third-order valence-corrected chi connectivity index (χ3v) is 3.58. The van der Waals surface area contributed by atoms with Crippen LogP contribution in [0.4, 0.5) is 0 Å². The maximum Gasteiger partial charge on any atom is 0.110 e. The molecular formula is C12H20N4O2. The van der Waals surface area contributed by atoms with E-state index in [-0.39, 0.29) is 24.3 Å². The van der Waals surface area contributed by atoms with Crippen LogP contribution in [0.15, 0.2) is 6.20 Å². The van der Waals surface area contributed by atoms with E-state index < -0.39 is 0 Å². The average Bonchev–Trinajstić information content (AvgIpc) is 2.96. The Kier molecular flexibility index (Phi) is 3.09. The van der Waals surface area contributed by atoms with Gasteiger partial charge in [-0.1, -0.05) is 19.1 Å². The zero-order valence-electron chi connectivity index (χ0n) is 10.8. The molecule has 1 aromatic heterocycles. The Morgan fingerprint density at radius 2 is 2.17 bits per heavy atom. The SMILES string of the molecule is CC(C)Cc1cn([C@H]2CO[C@H]3[C@@H]2OC[C@@H]3N)nn1. The van der Waals surface area contributed by atoms with Crippen molar-refractivity contribution < 1.29 is 9.47 Å². The van der Waals surface area contributed by atoms with Crippen molar-refractivity contribution in [2.24, 2.45) is 11.7 Å². The number of nitrogens with zero attached hydrogens (tertiary/aromatic N) is 3. The van der Waals surface area contributed by atoms with E-state index in [9.17, 15) is 0 Å². The minimum absolute atomic E-state index is 0.00717. The van der Waals surface area contributed by atoms with Crippen molar-refractivity contribution >= 4 is 0 Å². The zero-order chi connectivity index (χ0) is 12.7. The molecule has 0 aliphatic carbocycles. The highest BCUT2D eigenvalue weighted by Gasteiger charge is 2.47. The van der Waals surface area contributed by atoms with E-state index in [0.717, 1.165) is 12.1 Å². The standard InChI is InChI=1S/C12H20N4O2/c1-7(2)3-8-4-16(15-14-8)10-6-18-11-9(13)5-17-12(10)11/h4,7,9-12H,3,5-6,13H2,1-2H3/t9-,10-,11+,12+/m0/s1.